The van der Waals surface area contributed by atoms with Crippen LogP contribution in [-0.4, -0.2) is 35.8 Å². The minimum absolute atomic E-state index is 0.0277. The molecule has 0 saturated carbocycles. The SMILES string of the molecule is Cc1cccc(CCN2CCC(=O)NC(C(C)C)C2=O)c1. The normalized spacial score (nSPS) is 19.6. The number of benzene rings is 1. The van der Waals surface area contributed by atoms with Crippen molar-refractivity contribution in [2.24, 2.45) is 5.92 Å². The predicted octanol–water partition coefficient (Wildman–Crippen LogP) is 1.91. The molecule has 21 heavy (non-hydrogen) atoms. The van der Waals surface area contributed by atoms with E-state index < -0.39 is 6.04 Å². The van der Waals surface area contributed by atoms with Gasteiger partial charge in [0.25, 0.3) is 0 Å². The van der Waals surface area contributed by atoms with Crippen molar-refractivity contribution in [3.63, 3.8) is 0 Å². The smallest absolute Gasteiger partial charge is 0.245 e. The van der Waals surface area contributed by atoms with Gasteiger partial charge in [-0.05, 0) is 24.8 Å². The maximum Gasteiger partial charge on any atom is 0.245 e. The molecule has 0 bridgehead atoms. The van der Waals surface area contributed by atoms with Crippen LogP contribution in [0.15, 0.2) is 24.3 Å². The lowest BCUT2D eigenvalue weighted by molar-refractivity contribution is -0.134. The first-order chi connectivity index (χ1) is 9.97. The molecule has 0 spiro atoms. The van der Waals surface area contributed by atoms with Gasteiger partial charge < -0.3 is 10.2 Å². The average molecular weight is 288 g/mol. The van der Waals surface area contributed by atoms with Crippen LogP contribution in [0.3, 0.4) is 0 Å². The summed E-state index contributed by atoms with van der Waals surface area (Å²) in [4.78, 5) is 26.1. The molecule has 1 unspecified atom stereocenters. The van der Waals surface area contributed by atoms with E-state index in [-0.39, 0.29) is 17.7 Å². The summed E-state index contributed by atoms with van der Waals surface area (Å²) in [6.07, 6.45) is 1.22. The molecule has 1 fully saturated rings. The van der Waals surface area contributed by atoms with Crippen molar-refractivity contribution in [3.05, 3.63) is 35.4 Å². The average Bonchev–Trinajstić information content (AvgIpc) is 2.57. The van der Waals surface area contributed by atoms with E-state index >= 15 is 0 Å². The molecule has 1 aromatic carbocycles. The lowest BCUT2D eigenvalue weighted by Gasteiger charge is -2.26. The molecule has 1 saturated heterocycles. The number of nitrogens with one attached hydrogen (secondary N) is 1. The fourth-order valence-electron chi connectivity index (χ4n) is 2.66. The van der Waals surface area contributed by atoms with Crippen molar-refractivity contribution in [3.8, 4) is 0 Å². The number of amides is 2. The summed E-state index contributed by atoms with van der Waals surface area (Å²) in [5.41, 5.74) is 2.46. The van der Waals surface area contributed by atoms with Gasteiger partial charge in [-0.15, -0.1) is 0 Å². The lowest BCUT2D eigenvalue weighted by atomic mass is 10.0. The molecule has 1 aliphatic heterocycles. The molecule has 1 N–H and O–H groups in total. The number of rotatable bonds is 4. The van der Waals surface area contributed by atoms with Gasteiger partial charge in [0.1, 0.15) is 6.04 Å². The van der Waals surface area contributed by atoms with Crippen LogP contribution in [0.4, 0.5) is 0 Å². The van der Waals surface area contributed by atoms with Crippen LogP contribution >= 0.6 is 0 Å². The summed E-state index contributed by atoms with van der Waals surface area (Å²) in [5, 5.41) is 2.84. The van der Waals surface area contributed by atoms with E-state index in [4.69, 9.17) is 0 Å². The second-order valence-electron chi connectivity index (χ2n) is 6.10. The molecule has 0 radical (unpaired) electrons. The second-order valence-corrected chi connectivity index (χ2v) is 6.10. The highest BCUT2D eigenvalue weighted by atomic mass is 16.2. The van der Waals surface area contributed by atoms with E-state index in [0.717, 1.165) is 6.42 Å². The van der Waals surface area contributed by atoms with Gasteiger partial charge in [0.2, 0.25) is 11.8 Å². The summed E-state index contributed by atoms with van der Waals surface area (Å²) < 4.78 is 0. The van der Waals surface area contributed by atoms with Crippen LogP contribution < -0.4 is 5.32 Å². The van der Waals surface area contributed by atoms with E-state index in [0.29, 0.717) is 19.5 Å². The fraction of sp³-hybridized carbons (Fsp3) is 0.529. The Morgan fingerprint density at radius 2 is 2.10 bits per heavy atom. The van der Waals surface area contributed by atoms with Gasteiger partial charge in [0, 0.05) is 19.5 Å². The molecule has 1 aromatic rings. The summed E-state index contributed by atoms with van der Waals surface area (Å²) in [6.45, 7) is 7.18. The van der Waals surface area contributed by atoms with Gasteiger partial charge in [-0.2, -0.15) is 0 Å². The minimum Gasteiger partial charge on any atom is -0.344 e. The fourth-order valence-corrected chi connectivity index (χ4v) is 2.66. The van der Waals surface area contributed by atoms with Crippen molar-refractivity contribution in [1.82, 2.24) is 10.2 Å². The number of carbonyl (C=O) groups excluding carboxylic acids is 2. The number of aryl methyl sites for hydroxylation is 1. The Morgan fingerprint density at radius 1 is 1.33 bits per heavy atom. The molecule has 1 heterocycles. The molecular formula is C17H24N2O2. The van der Waals surface area contributed by atoms with Gasteiger partial charge in [0.05, 0.1) is 0 Å². The summed E-state index contributed by atoms with van der Waals surface area (Å²) in [6, 6.07) is 7.94. The molecule has 4 nitrogen and oxygen atoms in total. The maximum atomic E-state index is 12.5. The van der Waals surface area contributed by atoms with Crippen LogP contribution in [0.5, 0.6) is 0 Å². The molecule has 1 aliphatic rings. The van der Waals surface area contributed by atoms with Crippen LogP contribution in [0.1, 0.15) is 31.4 Å². The van der Waals surface area contributed by atoms with Crippen LogP contribution in [0, 0.1) is 12.8 Å². The summed E-state index contributed by atoms with van der Waals surface area (Å²) in [7, 11) is 0. The quantitative estimate of drug-likeness (QED) is 0.920. The molecule has 1 atom stereocenters. The zero-order chi connectivity index (χ0) is 15.4. The third-order valence-electron chi connectivity index (χ3n) is 3.92. The van der Waals surface area contributed by atoms with Crippen LogP contribution in [-0.2, 0) is 16.0 Å². The summed E-state index contributed by atoms with van der Waals surface area (Å²) >= 11 is 0. The first-order valence-corrected chi connectivity index (χ1v) is 7.61. The third-order valence-corrected chi connectivity index (χ3v) is 3.92. The lowest BCUT2D eigenvalue weighted by Crippen LogP contribution is -2.48. The Balaban J connectivity index is 2.04. The van der Waals surface area contributed by atoms with Crippen molar-refractivity contribution < 1.29 is 9.59 Å². The third kappa shape index (κ3) is 4.06. The van der Waals surface area contributed by atoms with Crippen LogP contribution in [0.2, 0.25) is 0 Å². The Bertz CT molecular complexity index is 525. The standard InChI is InChI=1S/C17H24N2O2/c1-12(2)16-17(21)19(10-8-15(20)18-16)9-7-14-6-4-5-13(3)11-14/h4-6,11-12,16H,7-10H2,1-3H3,(H,18,20). The largest absolute Gasteiger partial charge is 0.344 e. The molecule has 2 rings (SSSR count). The molecule has 4 heteroatoms. The van der Waals surface area contributed by atoms with E-state index in [1.165, 1.54) is 11.1 Å². The van der Waals surface area contributed by atoms with Gasteiger partial charge in [-0.3, -0.25) is 9.59 Å². The Kier molecular flexibility index (Phi) is 4.99. The van der Waals surface area contributed by atoms with Crippen molar-refractivity contribution >= 4 is 11.8 Å². The van der Waals surface area contributed by atoms with Crippen molar-refractivity contribution in [2.45, 2.75) is 39.7 Å². The van der Waals surface area contributed by atoms with Gasteiger partial charge >= 0.3 is 0 Å². The van der Waals surface area contributed by atoms with Gasteiger partial charge in [-0.1, -0.05) is 43.7 Å². The zero-order valence-electron chi connectivity index (χ0n) is 13.1. The monoisotopic (exact) mass is 288 g/mol. The van der Waals surface area contributed by atoms with E-state index in [1.807, 2.05) is 24.8 Å². The number of carbonyl (C=O) groups is 2. The highest BCUT2D eigenvalue weighted by Gasteiger charge is 2.31. The Hall–Kier alpha value is -1.84. The topological polar surface area (TPSA) is 49.4 Å². The molecule has 0 aromatic heterocycles. The number of nitrogens with zero attached hydrogens (tertiary/aromatic N) is 1. The van der Waals surface area contributed by atoms with Crippen LogP contribution in [0.25, 0.3) is 0 Å². The molecule has 0 aliphatic carbocycles. The Labute approximate surface area is 126 Å². The maximum absolute atomic E-state index is 12.5. The van der Waals surface area contributed by atoms with E-state index in [1.54, 1.807) is 0 Å². The van der Waals surface area contributed by atoms with Gasteiger partial charge in [-0.25, -0.2) is 0 Å². The minimum atomic E-state index is -0.391. The predicted molar refractivity (Wildman–Crippen MR) is 82.8 cm³/mol. The summed E-state index contributed by atoms with van der Waals surface area (Å²) in [5.74, 6) is 0.129. The first kappa shape index (κ1) is 15.5. The molecule has 114 valence electrons. The second kappa shape index (κ2) is 6.74. The number of hydrogen-bond donors (Lipinski definition) is 1. The highest BCUT2D eigenvalue weighted by Crippen LogP contribution is 2.12. The van der Waals surface area contributed by atoms with E-state index in [9.17, 15) is 9.59 Å². The van der Waals surface area contributed by atoms with Crippen molar-refractivity contribution in [2.75, 3.05) is 13.1 Å². The number of hydrogen-bond acceptors (Lipinski definition) is 2. The molecular weight excluding hydrogens is 264 g/mol. The first-order valence-electron chi connectivity index (χ1n) is 7.61. The van der Waals surface area contributed by atoms with Crippen molar-refractivity contribution in [1.29, 1.82) is 0 Å². The molecule has 2 amide bonds. The zero-order valence-corrected chi connectivity index (χ0v) is 13.1. The van der Waals surface area contributed by atoms with E-state index in [2.05, 4.69) is 30.4 Å². The van der Waals surface area contributed by atoms with Gasteiger partial charge in [0.15, 0.2) is 0 Å². The Morgan fingerprint density at radius 3 is 2.76 bits per heavy atom. The highest BCUT2D eigenvalue weighted by molar-refractivity contribution is 5.90.